The number of nitrogens with zero attached hydrogens (tertiary/aromatic N) is 2. The molecule has 0 aliphatic heterocycles. The van der Waals surface area contributed by atoms with Gasteiger partial charge in [0.05, 0.1) is 17.2 Å². The predicted octanol–water partition coefficient (Wildman–Crippen LogP) is 2.72. The highest BCUT2D eigenvalue weighted by Crippen LogP contribution is 2.12. The SMILES string of the molecule is C(=C\c1nc2ccccc2[nH]1)/c1cnoc1. The Morgan fingerprint density at radius 1 is 1.19 bits per heavy atom. The van der Waals surface area contributed by atoms with Crippen LogP contribution < -0.4 is 0 Å². The van der Waals surface area contributed by atoms with E-state index >= 15 is 0 Å². The van der Waals surface area contributed by atoms with Crippen LogP contribution in [0.3, 0.4) is 0 Å². The molecule has 3 rings (SSSR count). The first-order valence-electron chi connectivity index (χ1n) is 4.94. The largest absolute Gasteiger partial charge is 0.364 e. The lowest BCUT2D eigenvalue weighted by molar-refractivity contribution is 0.419. The smallest absolute Gasteiger partial charge is 0.131 e. The monoisotopic (exact) mass is 211 g/mol. The molecular weight excluding hydrogens is 202 g/mol. The first-order valence-corrected chi connectivity index (χ1v) is 4.94. The molecule has 0 radical (unpaired) electrons. The van der Waals surface area contributed by atoms with Crippen LogP contribution >= 0.6 is 0 Å². The lowest BCUT2D eigenvalue weighted by Crippen LogP contribution is -1.72. The molecule has 0 spiro atoms. The van der Waals surface area contributed by atoms with E-state index in [9.17, 15) is 0 Å². The second-order valence-electron chi connectivity index (χ2n) is 3.43. The first kappa shape index (κ1) is 8.91. The van der Waals surface area contributed by atoms with Crippen molar-refractivity contribution in [1.82, 2.24) is 15.1 Å². The molecule has 0 aliphatic rings. The summed E-state index contributed by atoms with van der Waals surface area (Å²) in [5.41, 5.74) is 2.92. The summed E-state index contributed by atoms with van der Waals surface area (Å²) in [7, 11) is 0. The van der Waals surface area contributed by atoms with Gasteiger partial charge in [0, 0.05) is 5.56 Å². The van der Waals surface area contributed by atoms with Crippen LogP contribution in [0.5, 0.6) is 0 Å². The summed E-state index contributed by atoms with van der Waals surface area (Å²) in [6.07, 6.45) is 7.03. The van der Waals surface area contributed by atoms with Crippen molar-refractivity contribution in [2.45, 2.75) is 0 Å². The Bertz CT molecular complexity index is 590. The van der Waals surface area contributed by atoms with E-state index in [1.807, 2.05) is 36.4 Å². The van der Waals surface area contributed by atoms with Crippen LogP contribution in [0.1, 0.15) is 11.4 Å². The minimum absolute atomic E-state index is 0.822. The number of hydrogen-bond acceptors (Lipinski definition) is 3. The number of H-pyrrole nitrogens is 1. The molecule has 1 N–H and O–H groups in total. The van der Waals surface area contributed by atoms with Crippen LogP contribution in [0, 0.1) is 0 Å². The second-order valence-corrected chi connectivity index (χ2v) is 3.43. The lowest BCUT2D eigenvalue weighted by atomic mass is 10.3. The Morgan fingerprint density at radius 2 is 2.12 bits per heavy atom. The van der Waals surface area contributed by atoms with E-state index in [1.165, 1.54) is 0 Å². The van der Waals surface area contributed by atoms with Crippen molar-refractivity contribution in [3.63, 3.8) is 0 Å². The Balaban J connectivity index is 1.95. The van der Waals surface area contributed by atoms with Gasteiger partial charge in [0.15, 0.2) is 0 Å². The van der Waals surface area contributed by atoms with Gasteiger partial charge in [0.2, 0.25) is 0 Å². The molecule has 16 heavy (non-hydrogen) atoms. The third-order valence-corrected chi connectivity index (χ3v) is 2.29. The first-order chi connectivity index (χ1) is 7.92. The zero-order chi connectivity index (χ0) is 10.8. The van der Waals surface area contributed by atoms with Crippen LogP contribution in [0.2, 0.25) is 0 Å². The Kier molecular flexibility index (Phi) is 2.04. The van der Waals surface area contributed by atoms with E-state index in [0.29, 0.717) is 0 Å². The van der Waals surface area contributed by atoms with E-state index in [1.54, 1.807) is 12.5 Å². The molecule has 3 aromatic rings. The van der Waals surface area contributed by atoms with Crippen molar-refractivity contribution in [3.8, 4) is 0 Å². The van der Waals surface area contributed by atoms with Gasteiger partial charge in [0.1, 0.15) is 12.1 Å². The summed E-state index contributed by atoms with van der Waals surface area (Å²) < 4.78 is 4.73. The minimum atomic E-state index is 0.822. The average Bonchev–Trinajstić information content (AvgIpc) is 2.95. The van der Waals surface area contributed by atoms with Crippen molar-refractivity contribution in [3.05, 3.63) is 48.1 Å². The maximum atomic E-state index is 4.73. The molecule has 0 atom stereocenters. The van der Waals surface area contributed by atoms with E-state index in [0.717, 1.165) is 22.4 Å². The minimum Gasteiger partial charge on any atom is -0.364 e. The molecule has 4 heteroatoms. The fourth-order valence-corrected chi connectivity index (χ4v) is 1.52. The van der Waals surface area contributed by atoms with Gasteiger partial charge in [-0.2, -0.15) is 0 Å². The molecule has 2 aromatic heterocycles. The average molecular weight is 211 g/mol. The maximum Gasteiger partial charge on any atom is 0.131 e. The number of benzene rings is 1. The van der Waals surface area contributed by atoms with Gasteiger partial charge in [-0.05, 0) is 24.3 Å². The molecule has 0 saturated carbocycles. The molecular formula is C12H9N3O. The normalized spacial score (nSPS) is 11.5. The summed E-state index contributed by atoms with van der Waals surface area (Å²) in [5.74, 6) is 0.822. The van der Waals surface area contributed by atoms with E-state index < -0.39 is 0 Å². The van der Waals surface area contributed by atoms with Crippen molar-refractivity contribution in [2.75, 3.05) is 0 Å². The van der Waals surface area contributed by atoms with Crippen LogP contribution in [0.25, 0.3) is 23.2 Å². The van der Waals surface area contributed by atoms with Crippen LogP contribution in [0.15, 0.2) is 41.2 Å². The van der Waals surface area contributed by atoms with E-state index in [-0.39, 0.29) is 0 Å². The summed E-state index contributed by atoms with van der Waals surface area (Å²) in [4.78, 5) is 7.63. The van der Waals surface area contributed by atoms with Crippen LogP contribution in [-0.2, 0) is 0 Å². The van der Waals surface area contributed by atoms with Gasteiger partial charge in [-0.25, -0.2) is 4.98 Å². The number of nitrogens with one attached hydrogen (secondary N) is 1. The fraction of sp³-hybridized carbons (Fsp3) is 0. The highest BCUT2D eigenvalue weighted by Gasteiger charge is 1.97. The van der Waals surface area contributed by atoms with Crippen molar-refractivity contribution < 1.29 is 4.52 Å². The van der Waals surface area contributed by atoms with Gasteiger partial charge in [-0.3, -0.25) is 0 Å². The van der Waals surface area contributed by atoms with Gasteiger partial charge in [0.25, 0.3) is 0 Å². The Labute approximate surface area is 91.6 Å². The van der Waals surface area contributed by atoms with Crippen LogP contribution in [0.4, 0.5) is 0 Å². The van der Waals surface area contributed by atoms with E-state index in [4.69, 9.17) is 4.52 Å². The number of imidazole rings is 1. The number of fused-ring (bicyclic) bond motifs is 1. The molecule has 0 saturated heterocycles. The van der Waals surface area contributed by atoms with Crippen LogP contribution in [-0.4, -0.2) is 15.1 Å². The molecule has 78 valence electrons. The highest BCUT2D eigenvalue weighted by atomic mass is 16.5. The lowest BCUT2D eigenvalue weighted by Gasteiger charge is -1.82. The Hall–Kier alpha value is -2.36. The van der Waals surface area contributed by atoms with Gasteiger partial charge >= 0.3 is 0 Å². The number of rotatable bonds is 2. The topological polar surface area (TPSA) is 54.7 Å². The molecule has 0 bridgehead atoms. The zero-order valence-electron chi connectivity index (χ0n) is 8.42. The second kappa shape index (κ2) is 3.66. The van der Waals surface area contributed by atoms with Crippen molar-refractivity contribution in [2.24, 2.45) is 0 Å². The van der Waals surface area contributed by atoms with Crippen molar-refractivity contribution >= 4 is 23.2 Å². The number of para-hydroxylation sites is 2. The standard InChI is InChI=1S/C12H9N3O/c1-2-4-11-10(3-1)14-12(15-11)6-5-9-7-13-16-8-9/h1-8H,(H,14,15)/b6-5+. The number of aromatic amines is 1. The van der Waals surface area contributed by atoms with Gasteiger partial charge < -0.3 is 9.51 Å². The van der Waals surface area contributed by atoms with Gasteiger partial charge in [-0.1, -0.05) is 17.3 Å². The maximum absolute atomic E-state index is 4.73. The van der Waals surface area contributed by atoms with E-state index in [2.05, 4.69) is 15.1 Å². The highest BCUT2D eigenvalue weighted by molar-refractivity contribution is 5.78. The molecule has 0 amide bonds. The quantitative estimate of drug-likeness (QED) is 0.709. The zero-order valence-corrected chi connectivity index (χ0v) is 8.42. The summed E-state index contributed by atoms with van der Waals surface area (Å²) in [6.45, 7) is 0. The summed E-state index contributed by atoms with van der Waals surface area (Å²) >= 11 is 0. The molecule has 0 fully saturated rings. The molecule has 0 unspecified atom stereocenters. The molecule has 1 aromatic carbocycles. The number of hydrogen-bond donors (Lipinski definition) is 1. The number of aromatic nitrogens is 3. The van der Waals surface area contributed by atoms with Gasteiger partial charge in [-0.15, -0.1) is 0 Å². The molecule has 0 aliphatic carbocycles. The molecule has 4 nitrogen and oxygen atoms in total. The molecule has 2 heterocycles. The summed E-state index contributed by atoms with van der Waals surface area (Å²) in [5, 5.41) is 3.62. The Morgan fingerprint density at radius 3 is 2.94 bits per heavy atom. The third kappa shape index (κ3) is 1.61. The predicted molar refractivity (Wildman–Crippen MR) is 61.5 cm³/mol. The fourth-order valence-electron chi connectivity index (χ4n) is 1.52. The third-order valence-electron chi connectivity index (χ3n) is 2.29. The summed E-state index contributed by atoms with van der Waals surface area (Å²) in [6, 6.07) is 7.92. The van der Waals surface area contributed by atoms with Crippen molar-refractivity contribution in [1.29, 1.82) is 0 Å².